The highest BCUT2D eigenvalue weighted by atomic mass is 32.2. The zero-order chi connectivity index (χ0) is 22.1. The molecule has 0 aliphatic heterocycles. The summed E-state index contributed by atoms with van der Waals surface area (Å²) in [7, 11) is 0. The lowest BCUT2D eigenvalue weighted by atomic mass is 10.1. The predicted octanol–water partition coefficient (Wildman–Crippen LogP) is 5.04. The van der Waals surface area contributed by atoms with Gasteiger partial charge in [-0.15, -0.1) is 0 Å². The Bertz CT molecular complexity index is 1510. The molecule has 3 aromatic carbocycles. The van der Waals surface area contributed by atoms with Gasteiger partial charge in [0.1, 0.15) is 5.82 Å². The van der Waals surface area contributed by atoms with Gasteiger partial charge in [-0.2, -0.15) is 0 Å². The van der Waals surface area contributed by atoms with Crippen LogP contribution in [0.4, 0.5) is 4.39 Å². The molecule has 0 aliphatic carbocycles. The van der Waals surface area contributed by atoms with Crippen LogP contribution in [0.3, 0.4) is 0 Å². The van der Waals surface area contributed by atoms with Crippen LogP contribution in [-0.2, 0) is 6.54 Å². The van der Waals surface area contributed by atoms with Crippen LogP contribution < -0.4 is 5.56 Å². The Balaban J connectivity index is 1.49. The Morgan fingerprint density at radius 2 is 1.69 bits per heavy atom. The topological polar surface area (TPSA) is 67.8 Å². The number of carbonyl (C=O) groups excluding carboxylic acids is 1. The molecule has 158 valence electrons. The first-order valence-electron chi connectivity index (χ1n) is 10.1. The first-order chi connectivity index (χ1) is 15.6. The van der Waals surface area contributed by atoms with E-state index >= 15 is 0 Å². The van der Waals surface area contributed by atoms with Gasteiger partial charge in [0.15, 0.2) is 10.9 Å². The highest BCUT2D eigenvalue weighted by molar-refractivity contribution is 7.99. The molecule has 0 radical (unpaired) electrons. The maximum absolute atomic E-state index is 13.3. The molecule has 7 heteroatoms. The molecule has 32 heavy (non-hydrogen) atoms. The van der Waals surface area contributed by atoms with Gasteiger partial charge in [0, 0.05) is 22.7 Å². The quantitative estimate of drug-likeness (QED) is 0.227. The van der Waals surface area contributed by atoms with Crippen molar-refractivity contribution in [2.75, 3.05) is 5.75 Å². The summed E-state index contributed by atoms with van der Waals surface area (Å²) >= 11 is 1.23. The van der Waals surface area contributed by atoms with Gasteiger partial charge in [0.2, 0.25) is 0 Å². The van der Waals surface area contributed by atoms with E-state index in [0.717, 1.165) is 16.5 Å². The number of para-hydroxylation sites is 2. The summed E-state index contributed by atoms with van der Waals surface area (Å²) in [5, 5.41) is 1.82. The Morgan fingerprint density at radius 1 is 0.969 bits per heavy atom. The van der Waals surface area contributed by atoms with Gasteiger partial charge in [-0.05, 0) is 35.9 Å². The molecule has 1 N–H and O–H groups in total. The molecule has 5 rings (SSSR count). The van der Waals surface area contributed by atoms with Crippen LogP contribution in [0.15, 0.2) is 88.9 Å². The predicted molar refractivity (Wildman–Crippen MR) is 125 cm³/mol. The van der Waals surface area contributed by atoms with E-state index in [0.29, 0.717) is 21.6 Å². The maximum Gasteiger partial charge on any atom is 0.262 e. The summed E-state index contributed by atoms with van der Waals surface area (Å²) in [6.45, 7) is 0.237. The van der Waals surface area contributed by atoms with E-state index in [1.54, 1.807) is 41.1 Å². The van der Waals surface area contributed by atoms with Crippen LogP contribution in [0.25, 0.3) is 21.8 Å². The molecule has 0 aliphatic rings. The number of nitrogens with zero attached hydrogens (tertiary/aromatic N) is 2. The number of aromatic nitrogens is 3. The molecule has 0 amide bonds. The highest BCUT2D eigenvalue weighted by Crippen LogP contribution is 2.23. The van der Waals surface area contributed by atoms with Crippen molar-refractivity contribution in [1.82, 2.24) is 14.5 Å². The first kappa shape index (κ1) is 20.2. The smallest absolute Gasteiger partial charge is 0.262 e. The van der Waals surface area contributed by atoms with E-state index in [2.05, 4.69) is 9.97 Å². The fraction of sp³-hybridized carbons (Fsp3) is 0.0800. The zero-order valence-electron chi connectivity index (χ0n) is 16.9. The maximum atomic E-state index is 13.3. The lowest BCUT2D eigenvalue weighted by Crippen LogP contribution is -2.24. The number of rotatable bonds is 6. The highest BCUT2D eigenvalue weighted by Gasteiger charge is 2.16. The van der Waals surface area contributed by atoms with Crippen molar-refractivity contribution in [3.63, 3.8) is 0 Å². The third-order valence-corrected chi connectivity index (χ3v) is 6.28. The number of benzene rings is 3. The molecular formula is C25H18FN3O2S. The number of aromatic amines is 1. The van der Waals surface area contributed by atoms with E-state index in [1.807, 2.05) is 30.3 Å². The number of carbonyl (C=O) groups is 1. The Labute approximate surface area is 186 Å². The van der Waals surface area contributed by atoms with E-state index < -0.39 is 0 Å². The monoisotopic (exact) mass is 443 g/mol. The lowest BCUT2D eigenvalue weighted by molar-refractivity contribution is 0.102. The van der Waals surface area contributed by atoms with Crippen molar-refractivity contribution in [2.24, 2.45) is 0 Å². The minimum absolute atomic E-state index is 0.0526. The summed E-state index contributed by atoms with van der Waals surface area (Å²) in [5.74, 6) is -0.254. The first-order valence-corrected chi connectivity index (χ1v) is 11.0. The normalized spacial score (nSPS) is 11.3. The number of H-pyrrole nitrogens is 1. The summed E-state index contributed by atoms with van der Waals surface area (Å²) < 4.78 is 14.9. The van der Waals surface area contributed by atoms with Crippen LogP contribution in [-0.4, -0.2) is 26.1 Å². The summed E-state index contributed by atoms with van der Waals surface area (Å²) in [6, 6.07) is 20.8. The van der Waals surface area contributed by atoms with Crippen molar-refractivity contribution in [3.05, 3.63) is 106 Å². The number of ketones is 1. The van der Waals surface area contributed by atoms with Gasteiger partial charge in [-0.1, -0.05) is 54.2 Å². The van der Waals surface area contributed by atoms with Gasteiger partial charge in [-0.25, -0.2) is 9.37 Å². The molecule has 5 nitrogen and oxygen atoms in total. The van der Waals surface area contributed by atoms with Gasteiger partial charge in [0.25, 0.3) is 5.56 Å². The molecule has 2 aromatic heterocycles. The van der Waals surface area contributed by atoms with Crippen LogP contribution in [0.5, 0.6) is 0 Å². The van der Waals surface area contributed by atoms with E-state index in [-0.39, 0.29) is 29.5 Å². The van der Waals surface area contributed by atoms with Crippen LogP contribution in [0, 0.1) is 5.82 Å². The van der Waals surface area contributed by atoms with Crippen LogP contribution >= 0.6 is 11.8 Å². The summed E-state index contributed by atoms with van der Waals surface area (Å²) in [6.07, 6.45) is 1.72. The van der Waals surface area contributed by atoms with Crippen molar-refractivity contribution in [1.29, 1.82) is 0 Å². The summed E-state index contributed by atoms with van der Waals surface area (Å²) in [5.41, 5.74) is 2.67. The Morgan fingerprint density at radius 3 is 2.50 bits per heavy atom. The van der Waals surface area contributed by atoms with E-state index in [1.165, 1.54) is 23.9 Å². The van der Waals surface area contributed by atoms with Crippen molar-refractivity contribution in [3.8, 4) is 0 Å². The van der Waals surface area contributed by atoms with Gasteiger partial charge in [0.05, 0.1) is 23.2 Å². The number of nitrogens with one attached hydrogen (secondary N) is 1. The molecule has 0 unspecified atom stereocenters. The van der Waals surface area contributed by atoms with Gasteiger partial charge < -0.3 is 4.98 Å². The van der Waals surface area contributed by atoms with Gasteiger partial charge in [-0.3, -0.25) is 14.2 Å². The number of halogens is 1. The molecule has 0 spiro atoms. The average Bonchev–Trinajstić information content (AvgIpc) is 3.25. The second-order valence-electron chi connectivity index (χ2n) is 7.39. The molecule has 0 bridgehead atoms. The second kappa shape index (κ2) is 8.43. The molecular weight excluding hydrogens is 425 g/mol. The summed E-state index contributed by atoms with van der Waals surface area (Å²) in [4.78, 5) is 33.9. The van der Waals surface area contributed by atoms with Crippen molar-refractivity contribution < 1.29 is 9.18 Å². The third kappa shape index (κ3) is 3.83. The van der Waals surface area contributed by atoms with Crippen LogP contribution in [0.1, 0.15) is 15.9 Å². The Kier molecular flexibility index (Phi) is 5.33. The number of Topliss-reactive ketones (excluding diaryl/α,β-unsaturated/α-hetero) is 1. The zero-order valence-corrected chi connectivity index (χ0v) is 17.7. The minimum Gasteiger partial charge on any atom is -0.360 e. The van der Waals surface area contributed by atoms with Gasteiger partial charge >= 0.3 is 0 Å². The number of hydrogen-bond acceptors (Lipinski definition) is 4. The average molecular weight is 444 g/mol. The third-order valence-electron chi connectivity index (χ3n) is 5.30. The molecule has 0 saturated heterocycles. The molecule has 0 atom stereocenters. The number of hydrogen-bond donors (Lipinski definition) is 1. The largest absolute Gasteiger partial charge is 0.360 e. The second-order valence-corrected chi connectivity index (χ2v) is 8.33. The lowest BCUT2D eigenvalue weighted by Gasteiger charge is -2.13. The van der Waals surface area contributed by atoms with E-state index in [9.17, 15) is 14.0 Å². The molecule has 2 heterocycles. The fourth-order valence-corrected chi connectivity index (χ4v) is 4.56. The van der Waals surface area contributed by atoms with Crippen molar-refractivity contribution in [2.45, 2.75) is 11.7 Å². The van der Waals surface area contributed by atoms with E-state index in [4.69, 9.17) is 0 Å². The SMILES string of the molecule is O=C(CSc1nc2ccccc2c(=O)n1Cc1ccc(F)cc1)c1c[nH]c2ccccc12. The molecule has 0 saturated carbocycles. The molecule has 5 aromatic rings. The Hall–Kier alpha value is -3.71. The fourth-order valence-electron chi connectivity index (χ4n) is 3.68. The number of thioether (sulfide) groups is 1. The van der Waals surface area contributed by atoms with Crippen LogP contribution in [0.2, 0.25) is 0 Å². The minimum atomic E-state index is -0.336. The molecule has 0 fully saturated rings. The number of fused-ring (bicyclic) bond motifs is 2. The standard InChI is InChI=1S/C25H18FN3O2S/c26-17-11-9-16(10-12-17)14-29-24(31)19-6-2-4-8-22(19)28-25(29)32-15-23(30)20-13-27-21-7-3-1-5-18(20)21/h1-13,27H,14-15H2. The van der Waals surface area contributed by atoms with Crippen molar-refractivity contribution >= 4 is 39.4 Å².